The first-order valence-electron chi connectivity index (χ1n) is 11.1. The Morgan fingerprint density at radius 2 is 1.63 bits per heavy atom. The normalized spacial score (nSPS) is 10.7. The highest BCUT2D eigenvalue weighted by Gasteiger charge is 2.12. The lowest BCUT2D eigenvalue weighted by Gasteiger charge is -2.07. The van der Waals surface area contributed by atoms with E-state index in [-0.39, 0.29) is 17.5 Å². The number of non-ortho nitro benzene ring substituents is 1. The molecule has 0 bridgehead atoms. The van der Waals surface area contributed by atoms with Crippen LogP contribution in [0.15, 0.2) is 90.0 Å². The molecule has 0 fully saturated rings. The summed E-state index contributed by atoms with van der Waals surface area (Å²) < 4.78 is 2.05. The van der Waals surface area contributed by atoms with E-state index in [2.05, 4.69) is 15.2 Å². The van der Waals surface area contributed by atoms with Crippen LogP contribution < -0.4 is 10.6 Å². The van der Waals surface area contributed by atoms with Crippen LogP contribution in [0, 0.1) is 10.1 Å². The Balaban J connectivity index is 1.33. The lowest BCUT2D eigenvalue weighted by atomic mass is 10.2. The zero-order valence-corrected chi connectivity index (χ0v) is 19.7. The quantitative estimate of drug-likeness (QED) is 0.196. The number of benzene rings is 3. The lowest BCUT2D eigenvalue weighted by molar-refractivity contribution is -0.384. The van der Waals surface area contributed by atoms with Crippen molar-refractivity contribution in [1.82, 2.24) is 15.2 Å². The van der Waals surface area contributed by atoms with Gasteiger partial charge in [0.05, 0.1) is 10.7 Å². The summed E-state index contributed by atoms with van der Waals surface area (Å²) in [7, 11) is 0. The smallest absolute Gasteiger partial charge is 0.269 e. The molecule has 4 rings (SSSR count). The summed E-state index contributed by atoms with van der Waals surface area (Å²) in [5.41, 5.74) is 2.38. The van der Waals surface area contributed by atoms with Crippen molar-refractivity contribution in [2.24, 2.45) is 0 Å². The Morgan fingerprint density at radius 1 is 0.914 bits per heavy atom. The third kappa shape index (κ3) is 6.27. The lowest BCUT2D eigenvalue weighted by Crippen LogP contribution is -2.27. The molecule has 0 aliphatic heterocycles. The zero-order chi connectivity index (χ0) is 24.6. The van der Waals surface area contributed by atoms with Crippen molar-refractivity contribution < 1.29 is 14.5 Å². The van der Waals surface area contributed by atoms with E-state index in [1.807, 2.05) is 60.8 Å². The van der Waals surface area contributed by atoms with Crippen molar-refractivity contribution in [3.63, 3.8) is 0 Å². The Bertz CT molecular complexity index is 1340. The summed E-state index contributed by atoms with van der Waals surface area (Å²) in [5.74, 6) is -0.0235. The summed E-state index contributed by atoms with van der Waals surface area (Å²) >= 11 is 1.48. The first-order chi connectivity index (χ1) is 17.0. The fourth-order valence-electron chi connectivity index (χ4n) is 3.63. The van der Waals surface area contributed by atoms with Gasteiger partial charge in [-0.1, -0.05) is 48.5 Å². The van der Waals surface area contributed by atoms with E-state index in [9.17, 15) is 19.7 Å². The fraction of sp³-hybridized carbons (Fsp3) is 0.154. The Labute approximate surface area is 206 Å². The van der Waals surface area contributed by atoms with E-state index in [0.29, 0.717) is 31.0 Å². The number of carbonyl (C=O) groups is 2. The van der Waals surface area contributed by atoms with Crippen molar-refractivity contribution >= 4 is 40.2 Å². The van der Waals surface area contributed by atoms with Crippen LogP contribution in [-0.2, 0) is 17.9 Å². The summed E-state index contributed by atoms with van der Waals surface area (Å²) in [4.78, 5) is 36.0. The number of carbonyl (C=O) groups excluding carboxylic acids is 2. The van der Waals surface area contributed by atoms with Crippen LogP contribution in [0.2, 0.25) is 0 Å². The number of hydrogen-bond donors (Lipinski definition) is 2. The molecule has 178 valence electrons. The summed E-state index contributed by atoms with van der Waals surface area (Å²) in [6.07, 6.45) is 2.00. The standard InChI is InChI=1S/C26H24N4O4S/c31-25(28-16-19-6-2-1-3-7-19)18-35-24-17-29(23-9-5-4-8-22(23)24)15-14-27-26(32)20-10-12-21(13-11-20)30(33)34/h1-13,17H,14-16,18H2,(H,27,32)(H,28,31). The number of rotatable bonds is 10. The second kappa shape index (κ2) is 11.3. The number of para-hydroxylation sites is 1. The highest BCUT2D eigenvalue weighted by atomic mass is 32.2. The van der Waals surface area contributed by atoms with Gasteiger partial charge in [0, 0.05) is 59.3 Å². The van der Waals surface area contributed by atoms with Gasteiger partial charge < -0.3 is 15.2 Å². The van der Waals surface area contributed by atoms with Crippen LogP contribution in [-0.4, -0.2) is 33.6 Å². The number of thioether (sulfide) groups is 1. The first kappa shape index (κ1) is 24.0. The number of fused-ring (bicyclic) bond motifs is 1. The fourth-order valence-corrected chi connectivity index (χ4v) is 4.55. The molecule has 3 aromatic carbocycles. The molecule has 0 aliphatic rings. The molecule has 0 radical (unpaired) electrons. The van der Waals surface area contributed by atoms with Gasteiger partial charge in [-0.05, 0) is 23.8 Å². The third-order valence-corrected chi connectivity index (χ3v) is 6.46. The van der Waals surface area contributed by atoms with Crippen LogP contribution in [0.1, 0.15) is 15.9 Å². The van der Waals surface area contributed by atoms with Gasteiger partial charge in [0.15, 0.2) is 0 Å². The van der Waals surface area contributed by atoms with Gasteiger partial charge in [-0.3, -0.25) is 19.7 Å². The molecule has 1 aromatic heterocycles. The molecule has 2 amide bonds. The predicted molar refractivity (Wildman–Crippen MR) is 136 cm³/mol. The second-order valence-electron chi connectivity index (χ2n) is 7.81. The van der Waals surface area contributed by atoms with Gasteiger partial charge in [-0.25, -0.2) is 0 Å². The van der Waals surface area contributed by atoms with Gasteiger partial charge in [0.2, 0.25) is 5.91 Å². The van der Waals surface area contributed by atoms with Crippen LogP contribution in [0.3, 0.4) is 0 Å². The molecule has 1 heterocycles. The van der Waals surface area contributed by atoms with Crippen molar-refractivity contribution in [3.8, 4) is 0 Å². The average molecular weight is 489 g/mol. The highest BCUT2D eigenvalue weighted by molar-refractivity contribution is 8.00. The van der Waals surface area contributed by atoms with E-state index in [0.717, 1.165) is 21.4 Å². The summed E-state index contributed by atoms with van der Waals surface area (Å²) in [5, 5.41) is 17.6. The maximum atomic E-state index is 12.4. The van der Waals surface area contributed by atoms with Crippen LogP contribution in [0.5, 0.6) is 0 Å². The number of amides is 2. The number of hydrogen-bond acceptors (Lipinski definition) is 5. The zero-order valence-electron chi connectivity index (χ0n) is 18.8. The average Bonchev–Trinajstić information content (AvgIpc) is 3.24. The molecule has 9 heteroatoms. The van der Waals surface area contributed by atoms with E-state index in [4.69, 9.17) is 0 Å². The van der Waals surface area contributed by atoms with E-state index >= 15 is 0 Å². The molecular formula is C26H24N4O4S. The molecule has 0 aliphatic carbocycles. The molecule has 8 nitrogen and oxygen atoms in total. The summed E-state index contributed by atoms with van der Waals surface area (Å²) in [6.45, 7) is 1.42. The van der Waals surface area contributed by atoms with E-state index in [1.54, 1.807) is 0 Å². The van der Waals surface area contributed by atoms with Crippen LogP contribution in [0.4, 0.5) is 5.69 Å². The Kier molecular flexibility index (Phi) is 7.79. The van der Waals surface area contributed by atoms with Crippen molar-refractivity contribution in [1.29, 1.82) is 0 Å². The van der Waals surface area contributed by atoms with Crippen molar-refractivity contribution in [2.75, 3.05) is 12.3 Å². The van der Waals surface area contributed by atoms with Gasteiger partial charge in [-0.2, -0.15) is 0 Å². The summed E-state index contributed by atoms with van der Waals surface area (Å²) in [6, 6.07) is 23.2. The topological polar surface area (TPSA) is 106 Å². The number of nitro groups is 1. The minimum atomic E-state index is -0.499. The number of nitrogens with one attached hydrogen (secondary N) is 2. The van der Waals surface area contributed by atoms with Crippen molar-refractivity contribution in [3.05, 3.63) is 106 Å². The van der Waals surface area contributed by atoms with Gasteiger partial charge >= 0.3 is 0 Å². The van der Waals surface area contributed by atoms with Gasteiger partial charge in [0.1, 0.15) is 0 Å². The van der Waals surface area contributed by atoms with E-state index in [1.165, 1.54) is 36.0 Å². The minimum Gasteiger partial charge on any atom is -0.351 e. The highest BCUT2D eigenvalue weighted by Crippen LogP contribution is 2.29. The molecular weight excluding hydrogens is 464 g/mol. The maximum absolute atomic E-state index is 12.4. The molecule has 35 heavy (non-hydrogen) atoms. The van der Waals surface area contributed by atoms with Crippen LogP contribution >= 0.6 is 11.8 Å². The molecule has 0 atom stereocenters. The molecule has 0 unspecified atom stereocenters. The number of nitro benzene ring substituents is 1. The maximum Gasteiger partial charge on any atom is 0.269 e. The largest absolute Gasteiger partial charge is 0.351 e. The molecule has 0 saturated heterocycles. The molecule has 4 aromatic rings. The number of aromatic nitrogens is 1. The Morgan fingerprint density at radius 3 is 2.37 bits per heavy atom. The third-order valence-electron chi connectivity index (χ3n) is 5.42. The predicted octanol–water partition coefficient (Wildman–Crippen LogP) is 4.39. The molecule has 0 saturated carbocycles. The Hall–Kier alpha value is -4.11. The van der Waals surface area contributed by atoms with Gasteiger partial charge in [0.25, 0.3) is 11.6 Å². The first-order valence-corrected chi connectivity index (χ1v) is 12.0. The second-order valence-corrected chi connectivity index (χ2v) is 8.83. The molecule has 2 N–H and O–H groups in total. The van der Waals surface area contributed by atoms with Crippen molar-refractivity contribution in [2.45, 2.75) is 18.0 Å². The minimum absolute atomic E-state index is 0.0361. The number of nitrogens with zero attached hydrogens (tertiary/aromatic N) is 2. The van der Waals surface area contributed by atoms with Crippen LogP contribution in [0.25, 0.3) is 10.9 Å². The van der Waals surface area contributed by atoms with E-state index < -0.39 is 4.92 Å². The van der Waals surface area contributed by atoms with Gasteiger partial charge in [-0.15, -0.1) is 11.8 Å². The monoisotopic (exact) mass is 488 g/mol. The SMILES string of the molecule is O=C(CSc1cn(CCNC(=O)c2ccc([N+](=O)[O-])cc2)c2ccccc12)NCc1ccccc1. The molecule has 0 spiro atoms.